The van der Waals surface area contributed by atoms with E-state index in [1.165, 1.54) is 12.8 Å². The van der Waals surface area contributed by atoms with Gasteiger partial charge in [0.05, 0.1) is 12.2 Å². The lowest BCUT2D eigenvalue weighted by molar-refractivity contribution is -0.0872. The number of hydrogen-bond acceptors (Lipinski definition) is 3. The molecule has 1 aliphatic heterocycles. The minimum atomic E-state index is -0.0912. The highest BCUT2D eigenvalue weighted by Gasteiger charge is 2.36. The van der Waals surface area contributed by atoms with Gasteiger partial charge in [-0.25, -0.2) is 0 Å². The predicted molar refractivity (Wildman–Crippen MR) is 50.6 cm³/mol. The monoisotopic (exact) mass is 185 g/mol. The van der Waals surface area contributed by atoms with Crippen LogP contribution in [-0.4, -0.2) is 48.5 Å². The summed E-state index contributed by atoms with van der Waals surface area (Å²) in [6.07, 6.45) is 4.94. The summed E-state index contributed by atoms with van der Waals surface area (Å²) in [5, 5.41) is 9.78. The number of aliphatic hydroxyl groups excluding tert-OH is 1. The second-order valence-corrected chi connectivity index (χ2v) is 4.23. The molecule has 1 aliphatic carbocycles. The molecule has 1 N–H and O–H groups in total. The predicted octanol–water partition coefficient (Wildman–Crippen LogP) is 0.620. The van der Waals surface area contributed by atoms with E-state index in [4.69, 9.17) is 4.74 Å². The zero-order valence-electron chi connectivity index (χ0n) is 8.28. The van der Waals surface area contributed by atoms with Gasteiger partial charge in [-0.05, 0) is 12.8 Å². The molecule has 76 valence electrons. The molecule has 2 fully saturated rings. The summed E-state index contributed by atoms with van der Waals surface area (Å²) in [6.45, 7) is 2.02. The Bertz CT molecular complexity index is 168. The zero-order valence-corrected chi connectivity index (χ0v) is 8.28. The molecular weight excluding hydrogens is 166 g/mol. The van der Waals surface area contributed by atoms with Crippen LogP contribution in [-0.2, 0) is 4.74 Å². The molecule has 1 saturated heterocycles. The molecule has 0 radical (unpaired) electrons. The fourth-order valence-corrected chi connectivity index (χ4v) is 2.41. The third-order valence-corrected chi connectivity index (χ3v) is 3.37. The van der Waals surface area contributed by atoms with Gasteiger partial charge in [-0.1, -0.05) is 12.8 Å². The average Bonchev–Trinajstić information content (AvgIpc) is 2.06. The highest BCUT2D eigenvalue weighted by molar-refractivity contribution is 4.91. The summed E-state index contributed by atoms with van der Waals surface area (Å²) in [5.74, 6) is 0. The zero-order chi connectivity index (χ0) is 9.26. The summed E-state index contributed by atoms with van der Waals surface area (Å²) < 4.78 is 5.22. The van der Waals surface area contributed by atoms with Gasteiger partial charge < -0.3 is 9.84 Å². The van der Waals surface area contributed by atoms with E-state index in [1.807, 2.05) is 0 Å². The van der Waals surface area contributed by atoms with Crippen LogP contribution in [0, 0.1) is 0 Å². The first kappa shape index (κ1) is 9.44. The van der Waals surface area contributed by atoms with Gasteiger partial charge in [0.25, 0.3) is 0 Å². The Balaban J connectivity index is 1.80. The van der Waals surface area contributed by atoms with Crippen LogP contribution < -0.4 is 0 Å². The van der Waals surface area contributed by atoms with Crippen molar-refractivity contribution in [2.45, 2.75) is 43.9 Å². The number of methoxy groups -OCH3 is 1. The molecule has 2 aliphatic rings. The van der Waals surface area contributed by atoms with E-state index in [9.17, 15) is 5.11 Å². The third-order valence-electron chi connectivity index (χ3n) is 3.37. The van der Waals surface area contributed by atoms with E-state index in [0.717, 1.165) is 25.9 Å². The number of ether oxygens (including phenoxy) is 1. The summed E-state index contributed by atoms with van der Waals surface area (Å²) in [5.41, 5.74) is 0. The van der Waals surface area contributed by atoms with Crippen LogP contribution in [0.25, 0.3) is 0 Å². The number of likely N-dealkylation sites (tertiary alicyclic amines) is 1. The Labute approximate surface area is 79.7 Å². The third kappa shape index (κ3) is 1.87. The van der Waals surface area contributed by atoms with Crippen molar-refractivity contribution in [2.75, 3.05) is 20.2 Å². The highest BCUT2D eigenvalue weighted by Crippen LogP contribution is 2.27. The van der Waals surface area contributed by atoms with E-state index in [0.29, 0.717) is 12.1 Å². The maximum absolute atomic E-state index is 9.78. The number of hydrogen-bond donors (Lipinski definition) is 1. The van der Waals surface area contributed by atoms with Gasteiger partial charge in [0.2, 0.25) is 0 Å². The first-order valence-corrected chi connectivity index (χ1v) is 5.26. The maximum Gasteiger partial charge on any atom is 0.0825 e. The van der Waals surface area contributed by atoms with E-state index in [1.54, 1.807) is 7.11 Å². The topological polar surface area (TPSA) is 32.7 Å². The van der Waals surface area contributed by atoms with Gasteiger partial charge in [-0.2, -0.15) is 0 Å². The SMILES string of the molecule is COC1CN(C2CCCCC2O)C1. The van der Waals surface area contributed by atoms with Crippen LogP contribution in [0.1, 0.15) is 25.7 Å². The smallest absolute Gasteiger partial charge is 0.0825 e. The number of aliphatic hydroxyl groups is 1. The fraction of sp³-hybridized carbons (Fsp3) is 1.00. The molecular formula is C10H19NO2. The molecule has 3 heteroatoms. The molecule has 2 unspecified atom stereocenters. The molecule has 0 bridgehead atoms. The largest absolute Gasteiger partial charge is 0.391 e. The Kier molecular flexibility index (Phi) is 2.86. The van der Waals surface area contributed by atoms with Crippen LogP contribution >= 0.6 is 0 Å². The summed E-state index contributed by atoms with van der Waals surface area (Å²) in [4.78, 5) is 2.36. The van der Waals surface area contributed by atoms with Crippen LogP contribution in [0.15, 0.2) is 0 Å². The second-order valence-electron chi connectivity index (χ2n) is 4.23. The number of rotatable bonds is 2. The lowest BCUT2D eigenvalue weighted by Gasteiger charge is -2.46. The second kappa shape index (κ2) is 3.95. The molecule has 2 rings (SSSR count). The van der Waals surface area contributed by atoms with E-state index in [2.05, 4.69) is 4.90 Å². The van der Waals surface area contributed by atoms with Gasteiger partial charge in [0.1, 0.15) is 0 Å². The molecule has 0 amide bonds. The molecule has 1 heterocycles. The van der Waals surface area contributed by atoms with Crippen LogP contribution in [0.5, 0.6) is 0 Å². The normalized spacial score (nSPS) is 37.4. The first-order chi connectivity index (χ1) is 6.31. The van der Waals surface area contributed by atoms with Crippen molar-refractivity contribution in [3.63, 3.8) is 0 Å². The molecule has 0 aromatic carbocycles. The molecule has 3 nitrogen and oxygen atoms in total. The average molecular weight is 185 g/mol. The lowest BCUT2D eigenvalue weighted by atomic mass is 9.89. The van der Waals surface area contributed by atoms with Crippen molar-refractivity contribution in [1.29, 1.82) is 0 Å². The summed E-state index contributed by atoms with van der Waals surface area (Å²) in [6, 6.07) is 0.417. The van der Waals surface area contributed by atoms with Gasteiger partial charge in [0.15, 0.2) is 0 Å². The van der Waals surface area contributed by atoms with Crippen LogP contribution in [0.4, 0.5) is 0 Å². The standard InChI is InChI=1S/C10H19NO2/c1-13-8-6-11(7-8)9-4-2-3-5-10(9)12/h8-10,12H,2-7H2,1H3. The summed E-state index contributed by atoms with van der Waals surface area (Å²) >= 11 is 0. The Morgan fingerprint density at radius 2 is 1.92 bits per heavy atom. The van der Waals surface area contributed by atoms with Crippen LogP contribution in [0.2, 0.25) is 0 Å². The van der Waals surface area contributed by atoms with Gasteiger partial charge in [0, 0.05) is 26.2 Å². The minimum Gasteiger partial charge on any atom is -0.391 e. The Morgan fingerprint density at radius 3 is 2.54 bits per heavy atom. The van der Waals surface area contributed by atoms with E-state index in [-0.39, 0.29) is 6.10 Å². The fourth-order valence-electron chi connectivity index (χ4n) is 2.41. The van der Waals surface area contributed by atoms with Crippen molar-refractivity contribution < 1.29 is 9.84 Å². The van der Waals surface area contributed by atoms with Gasteiger partial charge >= 0.3 is 0 Å². The lowest BCUT2D eigenvalue weighted by Crippen LogP contribution is -2.59. The Hall–Kier alpha value is -0.120. The molecule has 0 aromatic rings. The Morgan fingerprint density at radius 1 is 1.23 bits per heavy atom. The molecule has 0 spiro atoms. The first-order valence-electron chi connectivity index (χ1n) is 5.26. The van der Waals surface area contributed by atoms with Crippen molar-refractivity contribution in [3.8, 4) is 0 Å². The van der Waals surface area contributed by atoms with Crippen molar-refractivity contribution in [1.82, 2.24) is 4.90 Å². The molecule has 13 heavy (non-hydrogen) atoms. The van der Waals surface area contributed by atoms with E-state index < -0.39 is 0 Å². The van der Waals surface area contributed by atoms with Crippen molar-refractivity contribution >= 4 is 0 Å². The number of nitrogens with zero attached hydrogens (tertiary/aromatic N) is 1. The minimum absolute atomic E-state index is 0.0912. The maximum atomic E-state index is 9.78. The molecule has 2 atom stereocenters. The van der Waals surface area contributed by atoms with Crippen molar-refractivity contribution in [3.05, 3.63) is 0 Å². The highest BCUT2D eigenvalue weighted by atomic mass is 16.5. The van der Waals surface area contributed by atoms with Crippen molar-refractivity contribution in [2.24, 2.45) is 0 Å². The van der Waals surface area contributed by atoms with E-state index >= 15 is 0 Å². The van der Waals surface area contributed by atoms with Gasteiger partial charge in [-0.15, -0.1) is 0 Å². The van der Waals surface area contributed by atoms with Crippen LogP contribution in [0.3, 0.4) is 0 Å². The van der Waals surface area contributed by atoms with Gasteiger partial charge in [-0.3, -0.25) is 4.90 Å². The quantitative estimate of drug-likeness (QED) is 0.684. The molecule has 0 aromatic heterocycles. The molecule has 1 saturated carbocycles. The summed E-state index contributed by atoms with van der Waals surface area (Å²) in [7, 11) is 1.76.